The normalized spacial score (nSPS) is 11.7. The Hall–Kier alpha value is -6.58. The predicted molar refractivity (Wildman–Crippen MR) is 206 cm³/mol. The Balaban J connectivity index is 1.15. The maximum absolute atomic E-state index is 6.38. The Morgan fingerprint density at radius 1 is 0.388 bits per heavy atom. The third-order valence-corrected chi connectivity index (χ3v) is 9.78. The van der Waals surface area contributed by atoms with Crippen LogP contribution in [-0.2, 0) is 0 Å². The van der Waals surface area contributed by atoms with E-state index in [1.54, 1.807) is 0 Å². The molecule has 2 aromatic heterocycles. The van der Waals surface area contributed by atoms with Gasteiger partial charge in [-0.2, -0.15) is 0 Å². The number of para-hydroxylation sites is 2. The SMILES string of the molecule is c1ccc(-c2ccc(N(c3ccc(-n4c5ccccc5c5ccccc54)cc3)c3ccc4oc5ccc6ccccc6c5c4c3)cc2)cc1. The smallest absolute Gasteiger partial charge is 0.136 e. The van der Waals surface area contributed by atoms with Crippen LogP contribution in [0.4, 0.5) is 17.1 Å². The molecule has 0 amide bonds. The van der Waals surface area contributed by atoms with E-state index < -0.39 is 0 Å². The number of furan rings is 1. The first-order chi connectivity index (χ1) is 24.3. The van der Waals surface area contributed by atoms with E-state index in [9.17, 15) is 0 Å². The molecule has 0 aliphatic rings. The minimum absolute atomic E-state index is 0.885. The zero-order valence-corrected chi connectivity index (χ0v) is 26.6. The fourth-order valence-electron chi connectivity index (χ4n) is 7.51. The largest absolute Gasteiger partial charge is 0.456 e. The highest BCUT2D eigenvalue weighted by atomic mass is 16.3. The van der Waals surface area contributed by atoms with Crippen LogP contribution in [0.25, 0.3) is 71.3 Å². The minimum Gasteiger partial charge on any atom is -0.456 e. The average molecular weight is 627 g/mol. The lowest BCUT2D eigenvalue weighted by molar-refractivity contribution is 0.669. The van der Waals surface area contributed by atoms with Crippen molar-refractivity contribution in [3.8, 4) is 16.8 Å². The van der Waals surface area contributed by atoms with E-state index >= 15 is 0 Å². The van der Waals surface area contributed by atoms with Gasteiger partial charge >= 0.3 is 0 Å². The molecule has 2 heterocycles. The van der Waals surface area contributed by atoms with Gasteiger partial charge in [0.25, 0.3) is 0 Å². The van der Waals surface area contributed by atoms with Gasteiger partial charge < -0.3 is 13.9 Å². The van der Waals surface area contributed by atoms with Crippen molar-refractivity contribution >= 4 is 71.6 Å². The lowest BCUT2D eigenvalue weighted by Gasteiger charge is -2.26. The number of hydrogen-bond acceptors (Lipinski definition) is 2. The molecule has 0 saturated carbocycles. The van der Waals surface area contributed by atoms with Crippen LogP contribution >= 0.6 is 0 Å². The summed E-state index contributed by atoms with van der Waals surface area (Å²) in [6, 6.07) is 65.0. The van der Waals surface area contributed by atoms with Crippen LogP contribution in [0, 0.1) is 0 Å². The molecule has 0 atom stereocenters. The molecule has 0 aliphatic heterocycles. The van der Waals surface area contributed by atoms with Crippen molar-refractivity contribution in [3.63, 3.8) is 0 Å². The van der Waals surface area contributed by atoms with Crippen molar-refractivity contribution in [1.82, 2.24) is 4.57 Å². The molecule has 0 bridgehead atoms. The van der Waals surface area contributed by atoms with Crippen LogP contribution in [0.2, 0.25) is 0 Å². The number of rotatable bonds is 5. The first kappa shape index (κ1) is 27.5. The van der Waals surface area contributed by atoms with Gasteiger partial charge in [0.1, 0.15) is 11.2 Å². The number of hydrogen-bond donors (Lipinski definition) is 0. The molecule has 0 radical (unpaired) electrons. The van der Waals surface area contributed by atoms with Crippen molar-refractivity contribution in [2.75, 3.05) is 4.90 Å². The van der Waals surface area contributed by atoms with E-state index in [1.165, 1.54) is 43.7 Å². The van der Waals surface area contributed by atoms with Crippen molar-refractivity contribution in [1.29, 1.82) is 0 Å². The number of nitrogens with zero attached hydrogens (tertiary/aromatic N) is 2. The molecule has 49 heavy (non-hydrogen) atoms. The summed E-state index contributed by atoms with van der Waals surface area (Å²) in [5.74, 6) is 0. The van der Waals surface area contributed by atoms with Gasteiger partial charge in [-0.1, -0.05) is 109 Å². The summed E-state index contributed by atoms with van der Waals surface area (Å²) in [4.78, 5) is 2.34. The number of anilines is 3. The lowest BCUT2D eigenvalue weighted by Crippen LogP contribution is -2.10. The maximum Gasteiger partial charge on any atom is 0.136 e. The zero-order valence-electron chi connectivity index (χ0n) is 26.6. The summed E-state index contributed by atoms with van der Waals surface area (Å²) in [5.41, 5.74) is 10.9. The fraction of sp³-hybridized carbons (Fsp3) is 0. The predicted octanol–water partition coefficient (Wildman–Crippen LogP) is 13.0. The van der Waals surface area contributed by atoms with E-state index in [-0.39, 0.29) is 0 Å². The molecular weight excluding hydrogens is 597 g/mol. The van der Waals surface area contributed by atoms with Gasteiger partial charge in [0.05, 0.1) is 11.0 Å². The quantitative estimate of drug-likeness (QED) is 0.190. The summed E-state index contributed by atoms with van der Waals surface area (Å²) < 4.78 is 8.74. The molecule has 8 aromatic carbocycles. The fourth-order valence-corrected chi connectivity index (χ4v) is 7.51. The lowest BCUT2D eigenvalue weighted by atomic mass is 10.0. The second kappa shape index (κ2) is 11.0. The van der Waals surface area contributed by atoms with Crippen LogP contribution in [0.3, 0.4) is 0 Å². The van der Waals surface area contributed by atoms with Gasteiger partial charge in [0.15, 0.2) is 0 Å². The number of fused-ring (bicyclic) bond motifs is 8. The molecule has 10 aromatic rings. The van der Waals surface area contributed by atoms with Crippen LogP contribution in [0.5, 0.6) is 0 Å². The molecule has 3 heteroatoms. The van der Waals surface area contributed by atoms with Gasteiger partial charge in [0, 0.05) is 44.3 Å². The Morgan fingerprint density at radius 3 is 1.65 bits per heavy atom. The second-order valence-corrected chi connectivity index (χ2v) is 12.6. The van der Waals surface area contributed by atoms with E-state index in [2.05, 4.69) is 191 Å². The van der Waals surface area contributed by atoms with Crippen molar-refractivity contribution < 1.29 is 4.42 Å². The molecule has 0 aliphatic carbocycles. The number of benzene rings is 8. The van der Waals surface area contributed by atoms with E-state index in [0.29, 0.717) is 0 Å². The molecule has 0 N–H and O–H groups in total. The molecule has 3 nitrogen and oxygen atoms in total. The molecule has 10 rings (SSSR count). The Morgan fingerprint density at radius 2 is 0.939 bits per heavy atom. The van der Waals surface area contributed by atoms with E-state index in [4.69, 9.17) is 4.42 Å². The first-order valence-electron chi connectivity index (χ1n) is 16.7. The molecule has 0 saturated heterocycles. The van der Waals surface area contributed by atoms with Crippen LogP contribution in [0.15, 0.2) is 186 Å². The van der Waals surface area contributed by atoms with Crippen LogP contribution in [-0.4, -0.2) is 4.57 Å². The highest BCUT2D eigenvalue weighted by molar-refractivity contribution is 6.19. The zero-order chi connectivity index (χ0) is 32.3. The average Bonchev–Trinajstić information content (AvgIpc) is 3.72. The topological polar surface area (TPSA) is 21.3 Å². The third-order valence-electron chi connectivity index (χ3n) is 9.78. The van der Waals surface area contributed by atoms with Crippen molar-refractivity contribution in [2.24, 2.45) is 0 Å². The minimum atomic E-state index is 0.885. The Kier molecular flexibility index (Phi) is 6.18. The number of aromatic nitrogens is 1. The van der Waals surface area contributed by atoms with Crippen molar-refractivity contribution in [2.45, 2.75) is 0 Å². The summed E-state index contributed by atoms with van der Waals surface area (Å²) in [5, 5.41) is 7.18. The summed E-state index contributed by atoms with van der Waals surface area (Å²) >= 11 is 0. The first-order valence-corrected chi connectivity index (χ1v) is 16.7. The van der Waals surface area contributed by atoms with Gasteiger partial charge in [0.2, 0.25) is 0 Å². The van der Waals surface area contributed by atoms with Gasteiger partial charge in [-0.05, 0) is 94.7 Å². The Bertz CT molecular complexity index is 2750. The van der Waals surface area contributed by atoms with E-state index in [1.807, 2.05) is 0 Å². The maximum atomic E-state index is 6.38. The molecular formula is C46H30N2O. The van der Waals surface area contributed by atoms with Gasteiger partial charge in [-0.15, -0.1) is 0 Å². The standard InChI is InChI=1S/C46H30N2O/c1-2-10-31(11-3-1)32-18-21-34(22-19-32)47(37-27-29-44-41(30-37)46-38-13-5-4-12-33(38)20-28-45(46)49-44)35-23-25-36(26-24-35)48-42-16-8-6-14-39(42)40-15-7-9-17-43(40)48/h1-30H. The molecule has 0 fully saturated rings. The molecule has 0 unspecified atom stereocenters. The summed E-state index contributed by atoms with van der Waals surface area (Å²) in [6.45, 7) is 0. The highest BCUT2D eigenvalue weighted by Gasteiger charge is 2.18. The molecule has 230 valence electrons. The van der Waals surface area contributed by atoms with Gasteiger partial charge in [-0.3, -0.25) is 0 Å². The monoisotopic (exact) mass is 626 g/mol. The molecule has 0 spiro atoms. The summed E-state index contributed by atoms with van der Waals surface area (Å²) in [6.07, 6.45) is 0. The highest BCUT2D eigenvalue weighted by Crippen LogP contribution is 2.41. The third kappa shape index (κ3) is 4.44. The van der Waals surface area contributed by atoms with Crippen LogP contribution < -0.4 is 4.90 Å². The Labute approximate surface area is 283 Å². The van der Waals surface area contributed by atoms with Crippen molar-refractivity contribution in [3.05, 3.63) is 182 Å². The van der Waals surface area contributed by atoms with E-state index in [0.717, 1.165) is 44.7 Å². The van der Waals surface area contributed by atoms with Gasteiger partial charge in [-0.25, -0.2) is 0 Å². The second-order valence-electron chi connectivity index (χ2n) is 12.6. The van der Waals surface area contributed by atoms with Crippen LogP contribution in [0.1, 0.15) is 0 Å². The summed E-state index contributed by atoms with van der Waals surface area (Å²) in [7, 11) is 0.